The Labute approximate surface area is 102 Å². The quantitative estimate of drug-likeness (QED) is 0.765. The minimum Gasteiger partial charge on any atom is -0.479 e. The van der Waals surface area contributed by atoms with Gasteiger partial charge < -0.3 is 20.7 Å². The molecule has 96 valence electrons. The Morgan fingerprint density at radius 1 is 1.47 bits per heavy atom. The Bertz CT molecular complexity index is 356. The van der Waals surface area contributed by atoms with Crippen molar-refractivity contribution in [3.05, 3.63) is 6.33 Å². The molecule has 1 heterocycles. The molecule has 1 aromatic rings. The molecule has 0 saturated carbocycles. The topological polar surface area (TPSA) is 76.3 Å². The highest BCUT2D eigenvalue weighted by atomic mass is 16.5. The van der Waals surface area contributed by atoms with E-state index in [1.807, 2.05) is 0 Å². The smallest absolute Gasteiger partial charge is 0.242 e. The summed E-state index contributed by atoms with van der Waals surface area (Å²) >= 11 is 0. The molecule has 0 aliphatic rings. The fourth-order valence-corrected chi connectivity index (χ4v) is 1.41. The van der Waals surface area contributed by atoms with Crippen molar-refractivity contribution in [3.63, 3.8) is 0 Å². The van der Waals surface area contributed by atoms with Crippen molar-refractivity contribution in [1.82, 2.24) is 14.9 Å². The first-order chi connectivity index (χ1) is 8.04. The van der Waals surface area contributed by atoms with E-state index in [-0.39, 0.29) is 0 Å². The van der Waals surface area contributed by atoms with E-state index >= 15 is 0 Å². The molecule has 6 nitrogen and oxygen atoms in total. The molecule has 0 bridgehead atoms. The summed E-state index contributed by atoms with van der Waals surface area (Å²) in [6.07, 6.45) is 2.45. The molecule has 0 aliphatic carbocycles. The third-order valence-electron chi connectivity index (χ3n) is 2.43. The summed E-state index contributed by atoms with van der Waals surface area (Å²) in [6, 6.07) is 0.291. The SMILES string of the molecule is COc1ncnc(NC(C)CCN(C)C)c1N. The summed E-state index contributed by atoms with van der Waals surface area (Å²) in [5.41, 5.74) is 6.33. The molecule has 1 atom stereocenters. The predicted octanol–water partition coefficient (Wildman–Crippen LogP) is 0.819. The standard InChI is InChI=1S/C11H21N5O/c1-8(5-6-16(2)3)15-10-9(12)11(17-4)14-7-13-10/h7-8H,5-6,12H2,1-4H3,(H,13,14,15). The third kappa shape index (κ3) is 4.07. The van der Waals surface area contributed by atoms with Crippen LogP contribution in [-0.4, -0.2) is 48.7 Å². The molecule has 0 fully saturated rings. The summed E-state index contributed by atoms with van der Waals surface area (Å²) in [6.45, 7) is 3.10. The van der Waals surface area contributed by atoms with Gasteiger partial charge in [-0.3, -0.25) is 0 Å². The predicted molar refractivity (Wildman–Crippen MR) is 69.3 cm³/mol. The average molecular weight is 239 g/mol. The van der Waals surface area contributed by atoms with Crippen LogP contribution >= 0.6 is 0 Å². The molecule has 0 spiro atoms. The highest BCUT2D eigenvalue weighted by Gasteiger charge is 2.10. The maximum absolute atomic E-state index is 5.88. The monoisotopic (exact) mass is 239 g/mol. The van der Waals surface area contributed by atoms with Gasteiger partial charge in [-0.2, -0.15) is 4.98 Å². The van der Waals surface area contributed by atoms with Crippen LogP contribution in [0.3, 0.4) is 0 Å². The minimum atomic E-state index is 0.291. The average Bonchev–Trinajstić information content (AvgIpc) is 2.29. The zero-order valence-corrected chi connectivity index (χ0v) is 10.9. The van der Waals surface area contributed by atoms with Crippen LogP contribution in [-0.2, 0) is 0 Å². The largest absolute Gasteiger partial charge is 0.479 e. The first-order valence-electron chi connectivity index (χ1n) is 5.60. The number of ether oxygens (including phenoxy) is 1. The van der Waals surface area contributed by atoms with E-state index in [0.717, 1.165) is 13.0 Å². The Balaban J connectivity index is 2.62. The molecule has 1 aromatic heterocycles. The fourth-order valence-electron chi connectivity index (χ4n) is 1.41. The van der Waals surface area contributed by atoms with Crippen LogP contribution in [0.15, 0.2) is 6.33 Å². The molecule has 0 saturated heterocycles. The van der Waals surface area contributed by atoms with Gasteiger partial charge in [0.15, 0.2) is 5.82 Å². The molecule has 1 rings (SSSR count). The summed E-state index contributed by atoms with van der Waals surface area (Å²) in [5.74, 6) is 1.03. The first-order valence-corrected chi connectivity index (χ1v) is 5.60. The molecule has 6 heteroatoms. The number of hydrogen-bond acceptors (Lipinski definition) is 6. The van der Waals surface area contributed by atoms with Crippen molar-refractivity contribution < 1.29 is 4.74 Å². The second-order valence-electron chi connectivity index (χ2n) is 4.28. The lowest BCUT2D eigenvalue weighted by Gasteiger charge is -2.18. The van der Waals surface area contributed by atoms with E-state index in [0.29, 0.717) is 23.4 Å². The van der Waals surface area contributed by atoms with Gasteiger partial charge in [0.1, 0.15) is 12.0 Å². The maximum Gasteiger partial charge on any atom is 0.242 e. The Kier molecular flexibility index (Phi) is 4.96. The van der Waals surface area contributed by atoms with E-state index in [2.05, 4.69) is 41.2 Å². The number of anilines is 2. The van der Waals surface area contributed by atoms with Gasteiger partial charge in [-0.1, -0.05) is 0 Å². The maximum atomic E-state index is 5.88. The van der Waals surface area contributed by atoms with Gasteiger partial charge in [0, 0.05) is 6.04 Å². The summed E-state index contributed by atoms with van der Waals surface area (Å²) in [7, 11) is 5.64. The van der Waals surface area contributed by atoms with Crippen molar-refractivity contribution in [2.75, 3.05) is 38.8 Å². The Hall–Kier alpha value is -1.56. The van der Waals surface area contributed by atoms with E-state index in [1.165, 1.54) is 13.4 Å². The van der Waals surface area contributed by atoms with Gasteiger partial charge in [0.25, 0.3) is 0 Å². The number of aromatic nitrogens is 2. The van der Waals surface area contributed by atoms with E-state index in [9.17, 15) is 0 Å². The van der Waals surface area contributed by atoms with E-state index in [4.69, 9.17) is 10.5 Å². The molecule has 1 unspecified atom stereocenters. The van der Waals surface area contributed by atoms with Crippen molar-refractivity contribution >= 4 is 11.5 Å². The lowest BCUT2D eigenvalue weighted by atomic mass is 10.2. The van der Waals surface area contributed by atoms with Gasteiger partial charge in [0.2, 0.25) is 5.88 Å². The number of nitrogens with one attached hydrogen (secondary N) is 1. The lowest BCUT2D eigenvalue weighted by molar-refractivity contribution is 0.390. The van der Waals surface area contributed by atoms with Crippen LogP contribution < -0.4 is 15.8 Å². The first kappa shape index (κ1) is 13.5. The third-order valence-corrected chi connectivity index (χ3v) is 2.43. The van der Waals surface area contributed by atoms with Crippen molar-refractivity contribution in [1.29, 1.82) is 0 Å². The van der Waals surface area contributed by atoms with Gasteiger partial charge in [-0.05, 0) is 34.0 Å². The molecule has 0 amide bonds. The molecule has 0 radical (unpaired) electrons. The van der Waals surface area contributed by atoms with Crippen LogP contribution in [0.25, 0.3) is 0 Å². The van der Waals surface area contributed by atoms with Crippen LogP contribution in [0, 0.1) is 0 Å². The van der Waals surface area contributed by atoms with E-state index in [1.54, 1.807) is 0 Å². The van der Waals surface area contributed by atoms with Crippen molar-refractivity contribution in [2.24, 2.45) is 0 Å². The zero-order valence-electron chi connectivity index (χ0n) is 10.9. The number of nitrogens with two attached hydrogens (primary N) is 1. The van der Waals surface area contributed by atoms with Crippen molar-refractivity contribution in [3.8, 4) is 5.88 Å². The number of methoxy groups -OCH3 is 1. The minimum absolute atomic E-state index is 0.291. The lowest BCUT2D eigenvalue weighted by Crippen LogP contribution is -2.24. The molecular formula is C11H21N5O. The Morgan fingerprint density at radius 2 is 2.18 bits per heavy atom. The molecular weight excluding hydrogens is 218 g/mol. The summed E-state index contributed by atoms with van der Waals surface area (Å²) < 4.78 is 5.04. The van der Waals surface area contributed by atoms with Crippen LogP contribution in [0.1, 0.15) is 13.3 Å². The van der Waals surface area contributed by atoms with Gasteiger partial charge in [0.05, 0.1) is 7.11 Å². The summed E-state index contributed by atoms with van der Waals surface area (Å²) in [4.78, 5) is 10.2. The number of rotatable bonds is 6. The van der Waals surface area contributed by atoms with E-state index < -0.39 is 0 Å². The van der Waals surface area contributed by atoms with Crippen LogP contribution in [0.5, 0.6) is 5.88 Å². The molecule has 17 heavy (non-hydrogen) atoms. The van der Waals surface area contributed by atoms with Crippen molar-refractivity contribution in [2.45, 2.75) is 19.4 Å². The summed E-state index contributed by atoms with van der Waals surface area (Å²) in [5, 5.41) is 3.26. The second-order valence-corrected chi connectivity index (χ2v) is 4.28. The number of nitrogens with zero attached hydrogens (tertiary/aromatic N) is 3. The number of nitrogen functional groups attached to an aromatic ring is 1. The second kappa shape index (κ2) is 6.24. The normalized spacial score (nSPS) is 12.5. The van der Waals surface area contributed by atoms with Gasteiger partial charge in [-0.25, -0.2) is 4.98 Å². The van der Waals surface area contributed by atoms with Gasteiger partial charge in [-0.15, -0.1) is 0 Å². The van der Waals surface area contributed by atoms with Gasteiger partial charge >= 0.3 is 0 Å². The van der Waals surface area contributed by atoms with Crippen LogP contribution in [0.2, 0.25) is 0 Å². The fraction of sp³-hybridized carbons (Fsp3) is 0.636. The Morgan fingerprint density at radius 3 is 2.76 bits per heavy atom. The number of hydrogen-bond donors (Lipinski definition) is 2. The molecule has 0 aliphatic heterocycles. The zero-order chi connectivity index (χ0) is 12.8. The highest BCUT2D eigenvalue weighted by Crippen LogP contribution is 2.24. The molecule has 3 N–H and O–H groups in total. The van der Waals surface area contributed by atoms with Crippen LogP contribution in [0.4, 0.5) is 11.5 Å². The molecule has 0 aromatic carbocycles. The highest BCUT2D eigenvalue weighted by molar-refractivity contribution is 5.66.